The van der Waals surface area contributed by atoms with Crippen LogP contribution in [0.5, 0.6) is 11.5 Å². The van der Waals surface area contributed by atoms with Crippen molar-refractivity contribution in [2.45, 2.75) is 77.8 Å². The first-order valence-electron chi connectivity index (χ1n) is 14.9. The van der Waals surface area contributed by atoms with Crippen molar-refractivity contribution in [2.75, 3.05) is 13.2 Å². The van der Waals surface area contributed by atoms with Gasteiger partial charge in [-0.05, 0) is 65.2 Å². The van der Waals surface area contributed by atoms with Gasteiger partial charge >= 0.3 is 17.1 Å². The molecular formula is C32H42FN3O11. The fourth-order valence-corrected chi connectivity index (χ4v) is 4.02. The van der Waals surface area contributed by atoms with Gasteiger partial charge < -0.3 is 24.4 Å². The van der Waals surface area contributed by atoms with Crippen LogP contribution in [0, 0.1) is 36.2 Å². The number of rotatable bonds is 11. The highest BCUT2D eigenvalue weighted by Gasteiger charge is 2.21. The first kappa shape index (κ1) is 40.3. The summed E-state index contributed by atoms with van der Waals surface area (Å²) in [6.07, 6.45) is 1.93. The summed E-state index contributed by atoms with van der Waals surface area (Å²) in [4.78, 5) is 30.2. The first-order chi connectivity index (χ1) is 22.2. The third-order valence-electron chi connectivity index (χ3n) is 6.00. The molecular weight excluding hydrogens is 621 g/mol. The molecule has 0 aromatic heterocycles. The standard InChI is InChI=1S/C17H18N2O6.C6H4FNO2.C5H12O2.C4H8O/c1-12(24-16-9-5-3-7-14(16)18(20)21)11-13(2)25-17-10-6-4-8-15(17)19(22)23;7-5-3-1-2-4-6(5)8(9)10;1-4(6)3-5(2)7;1-2-4-5-3-1/h3-10,12-13H,11H2,1-2H3;1-4H;4-7H,3H2,1-2H3;1-4H2/t12-,13-;;4-,5-;/m1.1./s1. The van der Waals surface area contributed by atoms with Crippen LogP contribution >= 0.6 is 0 Å². The van der Waals surface area contributed by atoms with E-state index in [2.05, 4.69) is 0 Å². The Hall–Kier alpha value is -4.73. The SMILES string of the molecule is C1CCOC1.C[C@@H](O)C[C@@H](C)O.C[C@H](C[C@@H](C)Oc1ccccc1[N+](=O)[O-])Oc1ccccc1[N+](=O)[O-].O=[N+]([O-])c1ccccc1F. The maximum atomic E-state index is 12.4. The second-order valence-electron chi connectivity index (χ2n) is 10.5. The van der Waals surface area contributed by atoms with Crippen LogP contribution in [0.2, 0.25) is 0 Å². The van der Waals surface area contributed by atoms with Crippen LogP contribution in [0.4, 0.5) is 21.5 Å². The summed E-state index contributed by atoms with van der Waals surface area (Å²) >= 11 is 0. The Kier molecular flexibility index (Phi) is 18.8. The second kappa shape index (κ2) is 21.9. The molecule has 1 heterocycles. The fourth-order valence-electron chi connectivity index (χ4n) is 4.02. The number of halogens is 1. The minimum Gasteiger partial charge on any atom is -0.484 e. The van der Waals surface area contributed by atoms with Gasteiger partial charge in [0.25, 0.3) is 0 Å². The zero-order chi connectivity index (χ0) is 35.4. The molecule has 1 aliphatic rings. The van der Waals surface area contributed by atoms with Gasteiger partial charge in [0, 0.05) is 37.8 Å². The molecule has 4 rings (SSSR count). The van der Waals surface area contributed by atoms with Crippen LogP contribution in [-0.2, 0) is 4.74 Å². The van der Waals surface area contributed by atoms with E-state index in [0.717, 1.165) is 25.3 Å². The Morgan fingerprint density at radius 1 is 0.660 bits per heavy atom. The van der Waals surface area contributed by atoms with E-state index < -0.39 is 26.3 Å². The number of para-hydroxylation sites is 5. The van der Waals surface area contributed by atoms with Crippen molar-refractivity contribution < 1.29 is 43.6 Å². The van der Waals surface area contributed by atoms with Crippen molar-refractivity contribution in [2.24, 2.45) is 0 Å². The quantitative estimate of drug-likeness (QED) is 0.162. The van der Waals surface area contributed by atoms with Gasteiger partial charge in [-0.2, -0.15) is 4.39 Å². The number of aliphatic hydroxyl groups excluding tert-OH is 2. The van der Waals surface area contributed by atoms with E-state index >= 15 is 0 Å². The van der Waals surface area contributed by atoms with Crippen LogP contribution in [0.3, 0.4) is 0 Å². The molecule has 0 spiro atoms. The molecule has 3 aromatic carbocycles. The van der Waals surface area contributed by atoms with Gasteiger partial charge in [0.1, 0.15) is 0 Å². The molecule has 2 N–H and O–H groups in total. The van der Waals surface area contributed by atoms with Gasteiger partial charge in [0.05, 0.1) is 39.2 Å². The molecule has 14 nitrogen and oxygen atoms in total. The molecule has 15 heteroatoms. The van der Waals surface area contributed by atoms with Crippen molar-refractivity contribution in [1.82, 2.24) is 0 Å². The normalized spacial score (nSPS) is 14.2. The van der Waals surface area contributed by atoms with Crippen molar-refractivity contribution in [3.63, 3.8) is 0 Å². The molecule has 4 atom stereocenters. The summed E-state index contributed by atoms with van der Waals surface area (Å²) in [6.45, 7) is 8.84. The van der Waals surface area contributed by atoms with Crippen LogP contribution in [0.15, 0.2) is 72.8 Å². The molecule has 258 valence electrons. The summed E-state index contributed by atoms with van der Waals surface area (Å²) in [6, 6.07) is 17.2. The predicted molar refractivity (Wildman–Crippen MR) is 172 cm³/mol. The second-order valence-corrected chi connectivity index (χ2v) is 10.5. The lowest BCUT2D eigenvalue weighted by atomic mass is 10.2. The van der Waals surface area contributed by atoms with E-state index in [4.69, 9.17) is 24.4 Å². The van der Waals surface area contributed by atoms with Crippen molar-refractivity contribution in [1.29, 1.82) is 0 Å². The smallest absolute Gasteiger partial charge is 0.310 e. The maximum absolute atomic E-state index is 12.4. The van der Waals surface area contributed by atoms with Crippen LogP contribution in [0.1, 0.15) is 53.4 Å². The van der Waals surface area contributed by atoms with Gasteiger partial charge in [0.15, 0.2) is 11.5 Å². The molecule has 1 fully saturated rings. The summed E-state index contributed by atoms with van der Waals surface area (Å²) in [7, 11) is 0. The van der Waals surface area contributed by atoms with E-state index in [0.29, 0.717) is 12.8 Å². The Morgan fingerprint density at radius 3 is 1.30 bits per heavy atom. The van der Waals surface area contributed by atoms with Crippen LogP contribution in [-0.4, -0.2) is 62.6 Å². The minimum absolute atomic E-state index is 0.110. The number of ether oxygens (including phenoxy) is 3. The lowest BCUT2D eigenvalue weighted by molar-refractivity contribution is -0.387. The van der Waals surface area contributed by atoms with Gasteiger partial charge in [0.2, 0.25) is 5.82 Å². The Morgan fingerprint density at radius 2 is 1.02 bits per heavy atom. The van der Waals surface area contributed by atoms with Gasteiger partial charge in [-0.3, -0.25) is 30.3 Å². The van der Waals surface area contributed by atoms with Crippen LogP contribution < -0.4 is 9.47 Å². The number of hydrogen-bond acceptors (Lipinski definition) is 11. The lowest BCUT2D eigenvalue weighted by Gasteiger charge is -2.20. The minimum atomic E-state index is -0.799. The van der Waals surface area contributed by atoms with Crippen molar-refractivity contribution >= 4 is 17.1 Å². The highest BCUT2D eigenvalue weighted by Crippen LogP contribution is 2.29. The molecule has 1 aliphatic heterocycles. The van der Waals surface area contributed by atoms with E-state index in [9.17, 15) is 34.7 Å². The molecule has 47 heavy (non-hydrogen) atoms. The summed E-state index contributed by atoms with van der Waals surface area (Å²) in [5, 5.41) is 49.1. The molecule has 0 amide bonds. The summed E-state index contributed by atoms with van der Waals surface area (Å²) in [5.41, 5.74) is -0.703. The third kappa shape index (κ3) is 17.0. The van der Waals surface area contributed by atoms with Gasteiger partial charge in [-0.1, -0.05) is 36.4 Å². The van der Waals surface area contributed by atoms with Crippen molar-refractivity contribution in [3.8, 4) is 11.5 Å². The van der Waals surface area contributed by atoms with Crippen molar-refractivity contribution in [3.05, 3.63) is 109 Å². The number of aliphatic hydroxyl groups is 2. The Labute approximate surface area is 272 Å². The van der Waals surface area contributed by atoms with Gasteiger partial charge in [-0.15, -0.1) is 0 Å². The molecule has 0 aliphatic carbocycles. The number of hydrogen-bond donors (Lipinski definition) is 2. The average molecular weight is 664 g/mol. The molecule has 0 saturated carbocycles. The molecule has 0 radical (unpaired) electrons. The van der Waals surface area contributed by atoms with Gasteiger partial charge in [-0.25, -0.2) is 0 Å². The lowest BCUT2D eigenvalue weighted by Crippen LogP contribution is -2.23. The number of nitro benzene ring substituents is 3. The van der Waals surface area contributed by atoms with E-state index in [-0.39, 0.29) is 47.3 Å². The monoisotopic (exact) mass is 663 g/mol. The Bertz CT molecular complexity index is 1310. The highest BCUT2D eigenvalue weighted by molar-refractivity contribution is 5.46. The molecule has 0 bridgehead atoms. The first-order valence-corrected chi connectivity index (χ1v) is 14.9. The third-order valence-corrected chi connectivity index (χ3v) is 6.00. The summed E-state index contributed by atoms with van der Waals surface area (Å²) in [5.74, 6) is -0.441. The number of nitrogens with zero attached hydrogens (tertiary/aromatic N) is 3. The fraction of sp³-hybridized carbons (Fsp3) is 0.438. The van der Waals surface area contributed by atoms with Crippen LogP contribution in [0.25, 0.3) is 0 Å². The largest absolute Gasteiger partial charge is 0.484 e. The maximum Gasteiger partial charge on any atom is 0.310 e. The van der Waals surface area contributed by atoms with E-state index in [1.807, 2.05) is 0 Å². The zero-order valence-corrected chi connectivity index (χ0v) is 26.8. The Balaban J connectivity index is 0.000000404. The van der Waals surface area contributed by atoms with E-state index in [1.165, 1.54) is 49.2 Å². The zero-order valence-electron chi connectivity index (χ0n) is 26.8. The predicted octanol–water partition coefficient (Wildman–Crippen LogP) is 6.80. The van der Waals surface area contributed by atoms with E-state index in [1.54, 1.807) is 52.0 Å². The topological polar surface area (TPSA) is 198 Å². The molecule has 3 aromatic rings. The highest BCUT2D eigenvalue weighted by atomic mass is 19.1. The number of benzene rings is 3. The average Bonchev–Trinajstić information content (AvgIpc) is 3.58. The molecule has 1 saturated heterocycles. The number of nitro groups is 3. The molecule has 0 unspecified atom stereocenters. The summed E-state index contributed by atoms with van der Waals surface area (Å²) < 4.78 is 28.6.